The molecule has 1 saturated heterocycles. The van der Waals surface area contributed by atoms with Crippen molar-refractivity contribution in [2.75, 3.05) is 32.1 Å². The van der Waals surface area contributed by atoms with Gasteiger partial charge < -0.3 is 15.0 Å². The molecule has 3 heterocycles. The molecule has 1 aliphatic heterocycles. The minimum atomic E-state index is -0.586. The molecule has 1 aromatic carbocycles. The minimum absolute atomic E-state index is 0.0176. The highest BCUT2D eigenvalue weighted by Gasteiger charge is 2.33. The molecule has 1 fully saturated rings. The summed E-state index contributed by atoms with van der Waals surface area (Å²) >= 11 is 0. The van der Waals surface area contributed by atoms with Crippen LogP contribution in [0, 0.1) is 0 Å². The van der Waals surface area contributed by atoms with E-state index in [1.54, 1.807) is 13.3 Å². The molecule has 3 aromatic rings. The Bertz CT molecular complexity index is 990. The molecule has 0 spiro atoms. The van der Waals surface area contributed by atoms with Gasteiger partial charge in [0.2, 0.25) is 0 Å². The SMILES string of the molecule is CCNc1cc(-c2cn(C3CCN(C(=O)[C@H](OC)c4ccccc4)C3)nn2)ccn1. The Morgan fingerprint density at radius 2 is 2.13 bits per heavy atom. The van der Waals surface area contributed by atoms with Crippen LogP contribution < -0.4 is 5.32 Å². The number of benzene rings is 1. The predicted octanol–water partition coefficient (Wildman–Crippen LogP) is 2.93. The van der Waals surface area contributed by atoms with Crippen LogP contribution in [0.25, 0.3) is 11.3 Å². The Morgan fingerprint density at radius 1 is 1.30 bits per heavy atom. The summed E-state index contributed by atoms with van der Waals surface area (Å²) in [6, 6.07) is 13.6. The summed E-state index contributed by atoms with van der Waals surface area (Å²) in [4.78, 5) is 19.2. The smallest absolute Gasteiger partial charge is 0.256 e. The van der Waals surface area contributed by atoms with Gasteiger partial charge in [0.1, 0.15) is 11.5 Å². The zero-order chi connectivity index (χ0) is 20.9. The van der Waals surface area contributed by atoms with Crippen LogP contribution in [0.2, 0.25) is 0 Å². The Balaban J connectivity index is 1.45. The highest BCUT2D eigenvalue weighted by atomic mass is 16.5. The molecular weight excluding hydrogens is 380 g/mol. The normalized spacial score (nSPS) is 17.1. The molecule has 0 radical (unpaired) electrons. The highest BCUT2D eigenvalue weighted by molar-refractivity contribution is 5.82. The van der Waals surface area contributed by atoms with E-state index < -0.39 is 6.10 Å². The molecule has 1 N–H and O–H groups in total. The summed E-state index contributed by atoms with van der Waals surface area (Å²) in [5.74, 6) is 0.796. The maximum absolute atomic E-state index is 13.0. The van der Waals surface area contributed by atoms with E-state index in [1.807, 2.05) is 65.2 Å². The molecule has 30 heavy (non-hydrogen) atoms. The van der Waals surface area contributed by atoms with Gasteiger partial charge in [-0.3, -0.25) is 4.79 Å². The lowest BCUT2D eigenvalue weighted by atomic mass is 10.1. The lowest BCUT2D eigenvalue weighted by Gasteiger charge is -2.22. The topological polar surface area (TPSA) is 85.2 Å². The Morgan fingerprint density at radius 3 is 2.90 bits per heavy atom. The van der Waals surface area contributed by atoms with Crippen LogP contribution >= 0.6 is 0 Å². The Kier molecular flexibility index (Phi) is 6.04. The van der Waals surface area contributed by atoms with E-state index in [4.69, 9.17) is 4.74 Å². The molecule has 8 nitrogen and oxygen atoms in total. The van der Waals surface area contributed by atoms with Crippen LogP contribution in [0.15, 0.2) is 54.9 Å². The molecular formula is C22H26N6O2. The van der Waals surface area contributed by atoms with Gasteiger partial charge in [0.05, 0.1) is 12.2 Å². The van der Waals surface area contributed by atoms with Crippen molar-refractivity contribution in [1.29, 1.82) is 0 Å². The molecule has 1 amide bonds. The Labute approximate surface area is 175 Å². The van der Waals surface area contributed by atoms with E-state index in [-0.39, 0.29) is 11.9 Å². The van der Waals surface area contributed by atoms with Gasteiger partial charge in [-0.15, -0.1) is 5.10 Å². The number of pyridine rings is 1. The number of ether oxygens (including phenoxy) is 1. The fourth-order valence-corrected chi connectivity index (χ4v) is 3.79. The molecule has 2 aromatic heterocycles. The van der Waals surface area contributed by atoms with Gasteiger partial charge in [-0.25, -0.2) is 9.67 Å². The average molecular weight is 406 g/mol. The van der Waals surface area contributed by atoms with Crippen molar-refractivity contribution in [3.8, 4) is 11.3 Å². The van der Waals surface area contributed by atoms with Crippen molar-refractivity contribution in [3.05, 3.63) is 60.4 Å². The van der Waals surface area contributed by atoms with E-state index in [0.29, 0.717) is 13.1 Å². The molecule has 1 unspecified atom stereocenters. The van der Waals surface area contributed by atoms with Crippen LogP contribution in [0.5, 0.6) is 0 Å². The second-order valence-electron chi connectivity index (χ2n) is 7.30. The number of carbonyl (C=O) groups excluding carboxylic acids is 1. The fourth-order valence-electron chi connectivity index (χ4n) is 3.79. The van der Waals surface area contributed by atoms with Crippen LogP contribution in [-0.2, 0) is 9.53 Å². The summed E-state index contributed by atoms with van der Waals surface area (Å²) < 4.78 is 7.37. The van der Waals surface area contributed by atoms with Crippen LogP contribution in [0.4, 0.5) is 5.82 Å². The summed E-state index contributed by atoms with van der Waals surface area (Å²) in [7, 11) is 1.57. The number of amides is 1. The third-order valence-electron chi connectivity index (χ3n) is 5.34. The van der Waals surface area contributed by atoms with E-state index in [9.17, 15) is 4.79 Å². The van der Waals surface area contributed by atoms with Gasteiger partial charge in [0.15, 0.2) is 6.10 Å². The molecule has 2 atom stereocenters. The summed E-state index contributed by atoms with van der Waals surface area (Å²) in [6.07, 6.45) is 3.95. The third-order valence-corrected chi connectivity index (χ3v) is 5.34. The third kappa shape index (κ3) is 4.18. The lowest BCUT2D eigenvalue weighted by Crippen LogP contribution is -2.34. The molecule has 0 bridgehead atoms. The van der Waals surface area contributed by atoms with Gasteiger partial charge in [-0.05, 0) is 31.0 Å². The number of likely N-dealkylation sites (tertiary alicyclic amines) is 1. The zero-order valence-corrected chi connectivity index (χ0v) is 17.2. The predicted molar refractivity (Wildman–Crippen MR) is 114 cm³/mol. The number of aromatic nitrogens is 4. The largest absolute Gasteiger partial charge is 0.370 e. The molecule has 4 rings (SSSR count). The maximum Gasteiger partial charge on any atom is 0.256 e. The molecule has 1 aliphatic rings. The van der Waals surface area contributed by atoms with Crippen molar-refractivity contribution in [1.82, 2.24) is 24.9 Å². The summed E-state index contributed by atoms with van der Waals surface area (Å²) in [5, 5.41) is 11.9. The molecule has 0 aliphatic carbocycles. The number of methoxy groups -OCH3 is 1. The first-order chi connectivity index (χ1) is 14.7. The second-order valence-corrected chi connectivity index (χ2v) is 7.30. The Hall–Kier alpha value is -3.26. The number of nitrogens with zero attached hydrogens (tertiary/aromatic N) is 5. The van der Waals surface area contributed by atoms with Crippen molar-refractivity contribution in [2.24, 2.45) is 0 Å². The van der Waals surface area contributed by atoms with Crippen LogP contribution in [-0.4, -0.2) is 57.5 Å². The molecule has 156 valence electrons. The van der Waals surface area contributed by atoms with Crippen molar-refractivity contribution in [3.63, 3.8) is 0 Å². The number of nitrogens with one attached hydrogen (secondary N) is 1. The van der Waals surface area contributed by atoms with E-state index in [0.717, 1.165) is 35.6 Å². The van der Waals surface area contributed by atoms with Gasteiger partial charge in [-0.2, -0.15) is 0 Å². The van der Waals surface area contributed by atoms with Crippen molar-refractivity contribution < 1.29 is 9.53 Å². The van der Waals surface area contributed by atoms with Gasteiger partial charge in [0, 0.05) is 38.5 Å². The van der Waals surface area contributed by atoms with Crippen molar-refractivity contribution >= 4 is 11.7 Å². The highest BCUT2D eigenvalue weighted by Crippen LogP contribution is 2.27. The molecule has 8 heteroatoms. The lowest BCUT2D eigenvalue weighted by molar-refractivity contribution is -0.141. The minimum Gasteiger partial charge on any atom is -0.370 e. The zero-order valence-electron chi connectivity index (χ0n) is 17.2. The molecule has 0 saturated carbocycles. The van der Waals surface area contributed by atoms with Crippen LogP contribution in [0.3, 0.4) is 0 Å². The number of rotatable bonds is 7. The first-order valence-corrected chi connectivity index (χ1v) is 10.2. The van der Waals surface area contributed by atoms with E-state index in [2.05, 4.69) is 20.6 Å². The first kappa shape index (κ1) is 20.0. The monoisotopic (exact) mass is 406 g/mol. The standard InChI is InChI=1S/C22H26N6O2/c1-3-23-20-13-17(9-11-24-20)19-15-28(26-25-19)18-10-12-27(14-18)22(29)21(30-2)16-7-5-4-6-8-16/h4-9,11,13,15,18,21H,3,10,12,14H2,1-2H3,(H,23,24)/t18?,21-/m1/s1. The average Bonchev–Trinajstić information content (AvgIpc) is 3.45. The number of carbonyl (C=O) groups is 1. The van der Waals surface area contributed by atoms with Crippen LogP contribution in [0.1, 0.15) is 31.1 Å². The van der Waals surface area contributed by atoms with Gasteiger partial charge in [0.25, 0.3) is 5.91 Å². The summed E-state index contributed by atoms with van der Waals surface area (Å²) in [6.45, 7) is 4.10. The van der Waals surface area contributed by atoms with Gasteiger partial charge in [-0.1, -0.05) is 35.5 Å². The fraction of sp³-hybridized carbons (Fsp3) is 0.364. The second kappa shape index (κ2) is 9.04. The maximum atomic E-state index is 13.0. The van der Waals surface area contributed by atoms with E-state index in [1.165, 1.54) is 0 Å². The number of anilines is 1. The number of hydrogen-bond acceptors (Lipinski definition) is 6. The summed E-state index contributed by atoms with van der Waals surface area (Å²) in [5.41, 5.74) is 2.62. The van der Waals surface area contributed by atoms with Crippen molar-refractivity contribution in [2.45, 2.75) is 25.5 Å². The van der Waals surface area contributed by atoms with E-state index >= 15 is 0 Å². The van der Waals surface area contributed by atoms with Gasteiger partial charge >= 0.3 is 0 Å². The first-order valence-electron chi connectivity index (χ1n) is 10.2. The quantitative estimate of drug-likeness (QED) is 0.649. The number of hydrogen-bond donors (Lipinski definition) is 1.